The highest BCUT2D eigenvalue weighted by atomic mass is 31.2. The molecule has 3 atom stereocenters. The summed E-state index contributed by atoms with van der Waals surface area (Å²) in [5.74, 6) is 0.0721. The van der Waals surface area contributed by atoms with Gasteiger partial charge in [0.25, 0.3) is 0 Å². The number of rotatable bonds is 16. The van der Waals surface area contributed by atoms with Crippen LogP contribution in [0.3, 0.4) is 0 Å². The van der Waals surface area contributed by atoms with E-state index in [0.29, 0.717) is 0 Å². The number of aromatic nitrogens is 2. The highest BCUT2D eigenvalue weighted by molar-refractivity contribution is 7.53. The van der Waals surface area contributed by atoms with Gasteiger partial charge in [0, 0.05) is 6.20 Å². The third-order valence-corrected chi connectivity index (χ3v) is 6.76. The van der Waals surface area contributed by atoms with Crippen molar-refractivity contribution in [3.8, 4) is 0 Å². The van der Waals surface area contributed by atoms with Gasteiger partial charge in [0.15, 0.2) is 0 Å². The number of hydrogen-bond acceptors (Lipinski definition) is 10. The minimum atomic E-state index is -3.89. The van der Waals surface area contributed by atoms with E-state index >= 15 is 0 Å². The molecule has 0 aliphatic rings. The number of aliphatic hydroxyl groups excluding tert-OH is 2. The largest absolute Gasteiger partial charge is 0.394 e. The summed E-state index contributed by atoms with van der Waals surface area (Å²) in [5, 5.41) is 19.5. The van der Waals surface area contributed by atoms with Gasteiger partial charge >= 0.3 is 13.3 Å². The first-order chi connectivity index (χ1) is 17.9. The molecule has 3 aromatic rings. The molecular weight excluding hydrogens is 501 g/mol. The molecule has 3 rings (SSSR count). The molecule has 0 fully saturated rings. The van der Waals surface area contributed by atoms with Crippen LogP contribution in [-0.4, -0.2) is 58.1 Å². The molecule has 0 saturated carbocycles. The third-order valence-electron chi connectivity index (χ3n) is 5.23. The molecule has 0 bridgehead atoms. The van der Waals surface area contributed by atoms with Crippen LogP contribution in [0.2, 0.25) is 0 Å². The lowest BCUT2D eigenvalue weighted by molar-refractivity contribution is -0.0308. The lowest BCUT2D eigenvalue weighted by atomic mass is 10.2. The number of anilines is 1. The van der Waals surface area contributed by atoms with Crippen molar-refractivity contribution in [2.45, 2.75) is 32.0 Å². The van der Waals surface area contributed by atoms with E-state index in [1.165, 1.54) is 16.8 Å². The zero-order valence-electron chi connectivity index (χ0n) is 20.3. The van der Waals surface area contributed by atoms with Crippen molar-refractivity contribution in [2.24, 2.45) is 0 Å². The molecule has 0 amide bonds. The van der Waals surface area contributed by atoms with E-state index in [2.05, 4.69) is 4.98 Å². The van der Waals surface area contributed by atoms with E-state index in [4.69, 9.17) is 24.3 Å². The molecule has 2 aromatic carbocycles. The first-order valence-corrected chi connectivity index (χ1v) is 13.4. The molecular formula is C25H32N3O8P. The van der Waals surface area contributed by atoms with Crippen molar-refractivity contribution in [3.63, 3.8) is 0 Å². The quantitative estimate of drug-likeness (QED) is 0.233. The number of nitrogens with zero attached hydrogens (tertiary/aromatic N) is 2. The Morgan fingerprint density at radius 1 is 0.865 bits per heavy atom. The predicted octanol–water partition coefficient (Wildman–Crippen LogP) is 2.16. The molecule has 3 unspecified atom stereocenters. The average Bonchev–Trinajstić information content (AvgIpc) is 2.92. The van der Waals surface area contributed by atoms with Crippen LogP contribution < -0.4 is 11.4 Å². The summed E-state index contributed by atoms with van der Waals surface area (Å²) in [6.45, 7) is -0.877. The molecule has 0 spiro atoms. The van der Waals surface area contributed by atoms with Crippen LogP contribution in [0, 0.1) is 0 Å². The Hall–Kier alpha value is -2.89. The fraction of sp³-hybridized carbons (Fsp3) is 0.360. The van der Waals surface area contributed by atoms with Crippen LogP contribution in [0.25, 0.3) is 0 Å². The van der Waals surface area contributed by atoms with Gasteiger partial charge in [-0.2, -0.15) is 4.98 Å². The van der Waals surface area contributed by atoms with E-state index in [9.17, 15) is 19.6 Å². The zero-order chi connectivity index (χ0) is 26.5. The SMILES string of the molecule is Nc1ccn(CC(CO)OCP(=O)(OCc2ccccc2)OCC(CO)OCc2ccccc2)c(=O)n1. The van der Waals surface area contributed by atoms with Crippen LogP contribution in [0.5, 0.6) is 0 Å². The van der Waals surface area contributed by atoms with Crippen molar-refractivity contribution >= 4 is 13.4 Å². The smallest absolute Gasteiger partial charge is 0.356 e. The lowest BCUT2D eigenvalue weighted by Gasteiger charge is -2.24. The summed E-state index contributed by atoms with van der Waals surface area (Å²) >= 11 is 0. The van der Waals surface area contributed by atoms with Crippen molar-refractivity contribution < 1.29 is 33.3 Å². The second-order valence-electron chi connectivity index (χ2n) is 8.15. The first kappa shape index (κ1) is 28.7. The summed E-state index contributed by atoms with van der Waals surface area (Å²) < 4.78 is 37.4. The molecule has 1 heterocycles. The Bertz CT molecular complexity index is 1180. The van der Waals surface area contributed by atoms with E-state index in [-0.39, 0.29) is 38.8 Å². The topological polar surface area (TPSA) is 155 Å². The highest BCUT2D eigenvalue weighted by Crippen LogP contribution is 2.49. The highest BCUT2D eigenvalue weighted by Gasteiger charge is 2.29. The molecule has 0 aliphatic carbocycles. The van der Waals surface area contributed by atoms with Crippen molar-refractivity contribution in [1.29, 1.82) is 0 Å². The zero-order valence-corrected chi connectivity index (χ0v) is 21.2. The van der Waals surface area contributed by atoms with Gasteiger partial charge in [-0.15, -0.1) is 0 Å². The standard InChI is InChI=1S/C25H32N3O8P/c26-24-11-12-28(25(31)27-24)13-22(14-29)34-19-37(32,35-17-21-9-5-2-6-10-21)36-18-23(15-30)33-16-20-7-3-1-4-8-20/h1-12,22-23,29-30H,13-19H2,(H2,26,27,31). The third kappa shape index (κ3) is 9.83. The Morgan fingerprint density at radius 2 is 1.49 bits per heavy atom. The van der Waals surface area contributed by atoms with Gasteiger partial charge in [0.2, 0.25) is 0 Å². The van der Waals surface area contributed by atoms with E-state index < -0.39 is 38.4 Å². The average molecular weight is 534 g/mol. The van der Waals surface area contributed by atoms with Gasteiger partial charge in [0.05, 0.1) is 45.7 Å². The molecule has 11 nitrogen and oxygen atoms in total. The van der Waals surface area contributed by atoms with Crippen molar-refractivity contribution in [2.75, 3.05) is 31.9 Å². The van der Waals surface area contributed by atoms with Gasteiger partial charge in [-0.05, 0) is 17.2 Å². The summed E-state index contributed by atoms with van der Waals surface area (Å²) in [6, 6.07) is 19.9. The van der Waals surface area contributed by atoms with Crippen molar-refractivity contribution in [3.05, 3.63) is 94.5 Å². The van der Waals surface area contributed by atoms with Gasteiger partial charge in [-0.3, -0.25) is 9.13 Å². The second kappa shape index (κ2) is 14.7. The fourth-order valence-corrected chi connectivity index (χ4v) is 4.51. The monoisotopic (exact) mass is 533 g/mol. The van der Waals surface area contributed by atoms with Gasteiger partial charge in [-0.1, -0.05) is 60.7 Å². The number of benzene rings is 2. The maximum Gasteiger partial charge on any atom is 0.356 e. The number of nitrogen functional groups attached to an aromatic ring is 1. The number of nitrogens with two attached hydrogens (primary N) is 1. The Balaban J connectivity index is 1.63. The lowest BCUT2D eigenvalue weighted by Crippen LogP contribution is -2.32. The Morgan fingerprint density at radius 3 is 2.08 bits per heavy atom. The summed E-state index contributed by atoms with van der Waals surface area (Å²) in [4.78, 5) is 15.7. The van der Waals surface area contributed by atoms with Gasteiger partial charge in [-0.25, -0.2) is 4.79 Å². The molecule has 4 N–H and O–H groups in total. The molecule has 0 aliphatic heterocycles. The van der Waals surface area contributed by atoms with Crippen LogP contribution >= 0.6 is 7.60 Å². The van der Waals surface area contributed by atoms with Crippen LogP contribution in [0.4, 0.5) is 5.82 Å². The minimum Gasteiger partial charge on any atom is -0.394 e. The summed E-state index contributed by atoms with van der Waals surface area (Å²) in [7, 11) is -3.89. The first-order valence-electron chi connectivity index (χ1n) is 11.6. The maximum absolute atomic E-state index is 13.6. The summed E-state index contributed by atoms with van der Waals surface area (Å²) in [5.41, 5.74) is 6.58. The van der Waals surface area contributed by atoms with E-state index in [1.807, 2.05) is 60.7 Å². The van der Waals surface area contributed by atoms with Gasteiger partial charge < -0.3 is 34.5 Å². The Kier molecular flexibility index (Phi) is 11.4. The number of hydrogen-bond donors (Lipinski definition) is 3. The molecule has 37 heavy (non-hydrogen) atoms. The normalized spacial score (nSPS) is 14.6. The summed E-state index contributed by atoms with van der Waals surface area (Å²) in [6.07, 6.45) is -0.738. The van der Waals surface area contributed by atoms with Crippen molar-refractivity contribution in [1.82, 2.24) is 9.55 Å². The second-order valence-corrected chi connectivity index (χ2v) is 10.2. The molecule has 0 saturated heterocycles. The number of ether oxygens (including phenoxy) is 2. The molecule has 0 radical (unpaired) electrons. The Labute approximate surface area is 214 Å². The molecule has 200 valence electrons. The van der Waals surface area contributed by atoms with Crippen LogP contribution in [0.15, 0.2) is 77.7 Å². The minimum absolute atomic E-state index is 0.0126. The van der Waals surface area contributed by atoms with Crippen LogP contribution in [-0.2, 0) is 42.8 Å². The van der Waals surface area contributed by atoms with Gasteiger partial charge in [0.1, 0.15) is 18.3 Å². The predicted molar refractivity (Wildman–Crippen MR) is 137 cm³/mol. The fourth-order valence-electron chi connectivity index (χ4n) is 3.16. The number of aliphatic hydroxyl groups is 2. The molecule has 1 aromatic heterocycles. The maximum atomic E-state index is 13.6. The van der Waals surface area contributed by atoms with E-state index in [0.717, 1.165) is 11.1 Å². The van der Waals surface area contributed by atoms with Crippen LogP contribution in [0.1, 0.15) is 11.1 Å². The van der Waals surface area contributed by atoms with E-state index in [1.54, 1.807) is 0 Å². The molecule has 12 heteroatoms.